The summed E-state index contributed by atoms with van der Waals surface area (Å²) in [5.41, 5.74) is 1.75. The number of aliphatic hydroxyl groups excluding tert-OH is 1. The first-order chi connectivity index (χ1) is 13.5. The van der Waals surface area contributed by atoms with Crippen LogP contribution in [0.3, 0.4) is 0 Å². The van der Waals surface area contributed by atoms with Gasteiger partial charge in [-0.2, -0.15) is 0 Å². The van der Waals surface area contributed by atoms with Gasteiger partial charge in [-0.25, -0.2) is 0 Å². The Balaban J connectivity index is 1.92. The lowest BCUT2D eigenvalue weighted by molar-refractivity contribution is -0.117. The van der Waals surface area contributed by atoms with Crippen molar-refractivity contribution in [2.75, 3.05) is 4.90 Å². The highest BCUT2D eigenvalue weighted by molar-refractivity contribution is 6.32. The predicted octanol–water partition coefficient (Wildman–Crippen LogP) is 4.42. The van der Waals surface area contributed by atoms with Crippen molar-refractivity contribution in [2.45, 2.75) is 13.0 Å². The van der Waals surface area contributed by atoms with Gasteiger partial charge in [0.25, 0.3) is 5.91 Å². The molecule has 1 amide bonds. The fraction of sp³-hybridized carbons (Fsp3) is 0.0952. The molecule has 0 spiro atoms. The fourth-order valence-corrected chi connectivity index (χ4v) is 3.51. The Labute approximate surface area is 165 Å². The van der Waals surface area contributed by atoms with E-state index < -0.39 is 23.5 Å². The molecular weight excluding hydrogens is 380 g/mol. The molecule has 0 aliphatic carbocycles. The Bertz CT molecular complexity index is 1090. The zero-order chi connectivity index (χ0) is 19.8. The first-order valence-corrected chi connectivity index (χ1v) is 8.88. The summed E-state index contributed by atoms with van der Waals surface area (Å²) >= 11 is 6.24. The van der Waals surface area contributed by atoms with Crippen LogP contribution in [0.2, 0.25) is 5.02 Å². The highest BCUT2D eigenvalue weighted by atomic mass is 35.5. The second kappa shape index (κ2) is 6.98. The van der Waals surface area contributed by atoms with Crippen LogP contribution in [0, 0.1) is 6.92 Å². The van der Waals surface area contributed by atoms with Crippen molar-refractivity contribution in [3.63, 3.8) is 0 Å². The molecule has 1 aliphatic heterocycles. The maximum Gasteiger partial charge on any atom is 0.294 e. The molecule has 0 saturated heterocycles. The lowest BCUT2D eigenvalue weighted by atomic mass is 9.95. The van der Waals surface area contributed by atoms with Crippen molar-refractivity contribution in [2.24, 2.45) is 0 Å². The van der Waals surface area contributed by atoms with Gasteiger partial charge in [0, 0.05) is 23.1 Å². The number of Topliss-reactive ketones (excluding diaryl/α,β-unsaturated/α-hetero) is 1. The number of furan rings is 1. The van der Waals surface area contributed by atoms with Crippen molar-refractivity contribution in [1.29, 1.82) is 0 Å². The normalized spacial score (nSPS) is 16.7. The molecule has 28 heavy (non-hydrogen) atoms. The number of pyridine rings is 1. The highest BCUT2D eigenvalue weighted by Crippen LogP contribution is 2.43. The molecule has 1 N–H and O–H groups in total. The topological polar surface area (TPSA) is 83.6 Å². The summed E-state index contributed by atoms with van der Waals surface area (Å²) in [7, 11) is 0. The number of hydrogen-bond donors (Lipinski definition) is 1. The van der Waals surface area contributed by atoms with Gasteiger partial charge in [0.2, 0.25) is 5.78 Å². The van der Waals surface area contributed by atoms with E-state index >= 15 is 0 Å². The third-order valence-corrected chi connectivity index (χ3v) is 5.13. The Morgan fingerprint density at radius 1 is 1.18 bits per heavy atom. The van der Waals surface area contributed by atoms with E-state index in [0.29, 0.717) is 21.8 Å². The maximum atomic E-state index is 13.0. The summed E-state index contributed by atoms with van der Waals surface area (Å²) in [6.45, 7) is 1.78. The molecular formula is C21H15ClN2O4. The summed E-state index contributed by atoms with van der Waals surface area (Å²) in [6.07, 6.45) is 4.49. The second-order valence-electron chi connectivity index (χ2n) is 6.31. The van der Waals surface area contributed by atoms with Gasteiger partial charge in [0.05, 0.1) is 17.9 Å². The number of aliphatic hydroxyl groups is 1. The van der Waals surface area contributed by atoms with Crippen LogP contribution in [0.1, 0.15) is 27.7 Å². The number of rotatable bonds is 4. The highest BCUT2D eigenvalue weighted by Gasteiger charge is 2.45. The van der Waals surface area contributed by atoms with Gasteiger partial charge in [0.15, 0.2) is 11.5 Å². The molecule has 4 rings (SSSR count). The average molecular weight is 395 g/mol. The van der Waals surface area contributed by atoms with Crippen molar-refractivity contribution in [3.8, 4) is 0 Å². The molecule has 6 nitrogen and oxygen atoms in total. The zero-order valence-electron chi connectivity index (χ0n) is 14.8. The Morgan fingerprint density at radius 3 is 2.61 bits per heavy atom. The van der Waals surface area contributed by atoms with Crippen LogP contribution in [0.25, 0.3) is 0 Å². The average Bonchev–Trinajstić information content (AvgIpc) is 3.32. The minimum Gasteiger partial charge on any atom is -0.503 e. The first-order valence-electron chi connectivity index (χ1n) is 8.50. The zero-order valence-corrected chi connectivity index (χ0v) is 15.6. The number of hydrogen-bond acceptors (Lipinski definition) is 5. The van der Waals surface area contributed by atoms with Crippen LogP contribution in [0.5, 0.6) is 0 Å². The van der Waals surface area contributed by atoms with Gasteiger partial charge >= 0.3 is 0 Å². The molecule has 0 radical (unpaired) electrons. The maximum absolute atomic E-state index is 13.0. The fourth-order valence-electron chi connectivity index (χ4n) is 3.34. The van der Waals surface area contributed by atoms with Gasteiger partial charge in [0.1, 0.15) is 0 Å². The number of nitrogens with zero attached hydrogens (tertiary/aromatic N) is 2. The van der Waals surface area contributed by atoms with Crippen molar-refractivity contribution >= 4 is 29.0 Å². The molecule has 3 heterocycles. The van der Waals surface area contributed by atoms with Crippen LogP contribution < -0.4 is 4.90 Å². The number of amides is 1. The third-order valence-electron chi connectivity index (χ3n) is 4.72. The van der Waals surface area contributed by atoms with E-state index in [-0.39, 0.29) is 11.3 Å². The van der Waals surface area contributed by atoms with E-state index in [2.05, 4.69) is 4.98 Å². The second-order valence-corrected chi connectivity index (χ2v) is 6.72. The number of carbonyl (C=O) groups excluding carboxylic acids is 2. The number of halogens is 1. The van der Waals surface area contributed by atoms with E-state index in [1.54, 1.807) is 55.7 Å². The minimum absolute atomic E-state index is 0.0399. The predicted molar refractivity (Wildman–Crippen MR) is 103 cm³/mol. The quantitative estimate of drug-likeness (QED) is 0.662. The number of ketones is 1. The first kappa shape index (κ1) is 18.0. The Hall–Kier alpha value is -3.38. The summed E-state index contributed by atoms with van der Waals surface area (Å²) in [4.78, 5) is 31.4. The molecule has 1 aliphatic rings. The molecule has 0 fully saturated rings. The van der Waals surface area contributed by atoms with E-state index in [0.717, 1.165) is 0 Å². The Kier molecular flexibility index (Phi) is 4.49. The molecule has 0 saturated carbocycles. The summed E-state index contributed by atoms with van der Waals surface area (Å²) < 4.78 is 5.20. The summed E-state index contributed by atoms with van der Waals surface area (Å²) in [6, 6.07) is 10.8. The monoisotopic (exact) mass is 394 g/mol. The van der Waals surface area contributed by atoms with Gasteiger partial charge in [-0.1, -0.05) is 17.7 Å². The number of carbonyl (C=O) groups is 2. The van der Waals surface area contributed by atoms with E-state index in [9.17, 15) is 14.7 Å². The van der Waals surface area contributed by atoms with Crippen LogP contribution in [-0.4, -0.2) is 21.8 Å². The van der Waals surface area contributed by atoms with Crippen molar-refractivity contribution in [3.05, 3.63) is 94.4 Å². The summed E-state index contributed by atoms with van der Waals surface area (Å²) in [5.74, 6) is -1.80. The molecule has 2 aromatic heterocycles. The van der Waals surface area contributed by atoms with Crippen LogP contribution in [0.4, 0.5) is 5.69 Å². The van der Waals surface area contributed by atoms with Crippen LogP contribution in [0.15, 0.2) is 76.9 Å². The smallest absolute Gasteiger partial charge is 0.294 e. The number of benzene rings is 1. The molecule has 3 aromatic rings. The molecule has 7 heteroatoms. The molecule has 0 bridgehead atoms. The van der Waals surface area contributed by atoms with Gasteiger partial charge in [-0.3, -0.25) is 19.5 Å². The number of aromatic nitrogens is 1. The third kappa shape index (κ3) is 2.78. The lowest BCUT2D eigenvalue weighted by Gasteiger charge is -2.28. The van der Waals surface area contributed by atoms with Gasteiger partial charge < -0.3 is 9.52 Å². The van der Waals surface area contributed by atoms with E-state index in [1.807, 2.05) is 0 Å². The standard InChI is InChI=1S/C21H15ClN2O4/c1-12-14(22)4-2-5-15(12)24-18(13-7-9-23-10-8-13)17(20(26)21(24)27)19(25)16-6-3-11-28-16/h2-11,18,26H,1H3. The van der Waals surface area contributed by atoms with Crippen molar-refractivity contribution in [1.82, 2.24) is 4.98 Å². The summed E-state index contributed by atoms with van der Waals surface area (Å²) in [5, 5.41) is 11.1. The molecule has 1 aromatic carbocycles. The lowest BCUT2D eigenvalue weighted by Crippen LogP contribution is -2.31. The largest absolute Gasteiger partial charge is 0.503 e. The van der Waals surface area contributed by atoms with Gasteiger partial charge in [-0.15, -0.1) is 0 Å². The molecule has 1 unspecified atom stereocenters. The SMILES string of the molecule is Cc1c(Cl)cccc1N1C(=O)C(O)=C(C(=O)c2ccco2)C1c1ccncc1. The Morgan fingerprint density at radius 2 is 1.93 bits per heavy atom. The van der Waals surface area contributed by atoms with Gasteiger partial charge in [-0.05, 0) is 54.4 Å². The molecule has 1 atom stereocenters. The van der Waals surface area contributed by atoms with Crippen molar-refractivity contribution < 1.29 is 19.1 Å². The van der Waals surface area contributed by atoms with E-state index in [1.165, 1.54) is 17.2 Å². The van der Waals surface area contributed by atoms with Crippen LogP contribution in [-0.2, 0) is 4.79 Å². The minimum atomic E-state index is -0.842. The number of anilines is 1. The van der Waals surface area contributed by atoms with E-state index in [4.69, 9.17) is 16.0 Å². The molecule has 140 valence electrons. The van der Waals surface area contributed by atoms with Crippen LogP contribution >= 0.6 is 11.6 Å².